The van der Waals surface area contributed by atoms with E-state index in [9.17, 15) is 14.7 Å². The molecule has 1 amide bonds. The zero-order chi connectivity index (χ0) is 25.3. The van der Waals surface area contributed by atoms with Crippen molar-refractivity contribution in [2.75, 3.05) is 39.3 Å². The lowest BCUT2D eigenvalue weighted by Gasteiger charge is -2.55. The van der Waals surface area contributed by atoms with Crippen molar-refractivity contribution in [2.24, 2.45) is 17.3 Å². The summed E-state index contributed by atoms with van der Waals surface area (Å²) in [5.41, 5.74) is 0.336. The lowest BCUT2D eigenvalue weighted by atomic mass is 9.64. The molecule has 0 saturated carbocycles. The molecular formula is C29H42N2O5. The summed E-state index contributed by atoms with van der Waals surface area (Å²) < 4.78 is 13.2. The van der Waals surface area contributed by atoms with Gasteiger partial charge < -0.3 is 24.4 Å². The number of amides is 1. The van der Waals surface area contributed by atoms with Crippen LogP contribution in [-0.2, 0) is 14.3 Å². The molecule has 0 unspecified atom stereocenters. The third-order valence-corrected chi connectivity index (χ3v) is 9.31. The minimum absolute atomic E-state index is 0.0471. The molecule has 0 bridgehead atoms. The number of rotatable bonds is 6. The highest BCUT2D eigenvalue weighted by Gasteiger charge is 2.54. The molecule has 1 spiro atoms. The average molecular weight is 499 g/mol. The SMILES string of the molecule is CC1CCN(CCC(=O)N2CCC[C@]3(CO[C@H]4c5ccccc5O[C@](C)(CCC(=O)O)[C@@H]4C3)C2)CC1. The highest BCUT2D eigenvalue weighted by Crippen LogP contribution is 2.56. The smallest absolute Gasteiger partial charge is 0.303 e. The number of para-hydroxylation sites is 1. The summed E-state index contributed by atoms with van der Waals surface area (Å²) in [6.07, 6.45) is 6.34. The van der Waals surface area contributed by atoms with Crippen LogP contribution in [0, 0.1) is 17.3 Å². The summed E-state index contributed by atoms with van der Waals surface area (Å²) >= 11 is 0. The van der Waals surface area contributed by atoms with Gasteiger partial charge in [-0.3, -0.25) is 9.59 Å². The number of piperidine rings is 2. The second-order valence-electron chi connectivity index (χ2n) is 12.1. The molecule has 0 aromatic heterocycles. The molecule has 5 rings (SSSR count). The van der Waals surface area contributed by atoms with Gasteiger partial charge in [-0.25, -0.2) is 0 Å². The molecule has 4 aliphatic rings. The van der Waals surface area contributed by atoms with Gasteiger partial charge in [-0.1, -0.05) is 25.1 Å². The summed E-state index contributed by atoms with van der Waals surface area (Å²) in [6, 6.07) is 8.00. The summed E-state index contributed by atoms with van der Waals surface area (Å²) in [7, 11) is 0. The molecule has 7 nitrogen and oxygen atoms in total. The van der Waals surface area contributed by atoms with Gasteiger partial charge in [0.05, 0.1) is 12.7 Å². The maximum atomic E-state index is 13.3. The van der Waals surface area contributed by atoms with E-state index in [0.29, 0.717) is 19.4 Å². The van der Waals surface area contributed by atoms with Crippen LogP contribution in [-0.4, -0.2) is 71.7 Å². The van der Waals surface area contributed by atoms with Crippen molar-refractivity contribution >= 4 is 11.9 Å². The van der Waals surface area contributed by atoms with Gasteiger partial charge in [-0.2, -0.15) is 0 Å². The Kier molecular flexibility index (Phi) is 7.32. The van der Waals surface area contributed by atoms with Crippen LogP contribution in [0.4, 0.5) is 0 Å². The number of hydrogen-bond acceptors (Lipinski definition) is 5. The van der Waals surface area contributed by atoms with E-state index in [1.807, 2.05) is 18.2 Å². The molecule has 1 aromatic carbocycles. The Morgan fingerprint density at radius 2 is 1.92 bits per heavy atom. The number of likely N-dealkylation sites (tertiary alicyclic amines) is 2. The van der Waals surface area contributed by atoms with Crippen LogP contribution in [0.25, 0.3) is 0 Å². The minimum atomic E-state index is -0.806. The molecule has 198 valence electrons. The maximum Gasteiger partial charge on any atom is 0.303 e. The monoisotopic (exact) mass is 498 g/mol. The largest absolute Gasteiger partial charge is 0.487 e. The molecule has 4 atom stereocenters. The Morgan fingerprint density at radius 3 is 2.69 bits per heavy atom. The van der Waals surface area contributed by atoms with Crippen molar-refractivity contribution in [3.8, 4) is 5.75 Å². The van der Waals surface area contributed by atoms with E-state index in [1.54, 1.807) is 0 Å². The Labute approximate surface area is 215 Å². The highest BCUT2D eigenvalue weighted by atomic mass is 16.5. The predicted octanol–water partition coefficient (Wildman–Crippen LogP) is 4.51. The van der Waals surface area contributed by atoms with Gasteiger partial charge >= 0.3 is 5.97 Å². The average Bonchev–Trinajstić information content (AvgIpc) is 2.87. The first-order valence-corrected chi connectivity index (χ1v) is 13.9. The van der Waals surface area contributed by atoms with E-state index in [1.165, 1.54) is 12.8 Å². The predicted molar refractivity (Wildman–Crippen MR) is 137 cm³/mol. The number of carbonyl (C=O) groups is 2. The molecular weight excluding hydrogens is 456 g/mol. The normalized spacial score (nSPS) is 33.0. The second-order valence-corrected chi connectivity index (χ2v) is 12.1. The zero-order valence-electron chi connectivity index (χ0n) is 21.9. The lowest BCUT2D eigenvalue weighted by Crippen LogP contribution is -2.57. The van der Waals surface area contributed by atoms with Crippen molar-refractivity contribution in [3.63, 3.8) is 0 Å². The molecule has 4 aliphatic heterocycles. The van der Waals surface area contributed by atoms with Crippen molar-refractivity contribution in [3.05, 3.63) is 29.8 Å². The maximum absolute atomic E-state index is 13.3. The van der Waals surface area contributed by atoms with Crippen molar-refractivity contribution < 1.29 is 24.2 Å². The van der Waals surface area contributed by atoms with Gasteiger partial charge in [0.2, 0.25) is 5.91 Å². The molecule has 0 radical (unpaired) electrons. The topological polar surface area (TPSA) is 79.3 Å². The van der Waals surface area contributed by atoms with Gasteiger partial charge in [-0.15, -0.1) is 0 Å². The number of carboxylic acids is 1. The molecule has 3 saturated heterocycles. The fraction of sp³-hybridized carbons (Fsp3) is 0.724. The molecule has 7 heteroatoms. The van der Waals surface area contributed by atoms with Gasteiger partial charge in [0.15, 0.2) is 0 Å². The third-order valence-electron chi connectivity index (χ3n) is 9.31. The number of ether oxygens (including phenoxy) is 2. The van der Waals surface area contributed by atoms with Crippen LogP contribution in [0.3, 0.4) is 0 Å². The van der Waals surface area contributed by atoms with Crippen molar-refractivity contribution in [1.82, 2.24) is 9.80 Å². The van der Waals surface area contributed by atoms with Crippen LogP contribution in [0.1, 0.15) is 76.9 Å². The fourth-order valence-corrected chi connectivity index (χ4v) is 6.99. The zero-order valence-corrected chi connectivity index (χ0v) is 21.9. The first-order valence-electron chi connectivity index (χ1n) is 13.9. The van der Waals surface area contributed by atoms with Gasteiger partial charge in [0, 0.05) is 49.4 Å². The quantitative estimate of drug-likeness (QED) is 0.622. The van der Waals surface area contributed by atoms with Crippen molar-refractivity contribution in [2.45, 2.75) is 76.9 Å². The highest BCUT2D eigenvalue weighted by molar-refractivity contribution is 5.76. The number of fused-ring (bicyclic) bond motifs is 3. The number of aliphatic carboxylic acids is 1. The number of carboxylic acid groups (broad SMARTS) is 1. The molecule has 1 aromatic rings. The molecule has 36 heavy (non-hydrogen) atoms. The van der Waals surface area contributed by atoms with E-state index < -0.39 is 11.6 Å². The molecule has 0 aliphatic carbocycles. The van der Waals surface area contributed by atoms with Crippen LogP contribution < -0.4 is 4.74 Å². The van der Waals surface area contributed by atoms with E-state index >= 15 is 0 Å². The number of carbonyl (C=O) groups excluding carboxylic acids is 1. The fourth-order valence-electron chi connectivity index (χ4n) is 6.99. The standard InChI is InChI=1S/C29H42N2O5/c1-21-9-15-30(16-10-21)17-11-25(32)31-14-5-12-29(19-31)18-23-27(35-20-29)22-6-3-4-7-24(22)36-28(23,2)13-8-26(33)34/h3-4,6-7,21,23,27H,5,8-20H2,1-2H3,(H,33,34)/t23-,27+,28-,29-/m1/s1. The molecule has 1 N–H and O–H groups in total. The number of benzene rings is 1. The summed E-state index contributed by atoms with van der Waals surface area (Å²) in [5, 5.41) is 9.41. The first kappa shape index (κ1) is 25.5. The Hall–Kier alpha value is -2.12. The summed E-state index contributed by atoms with van der Waals surface area (Å²) in [4.78, 5) is 29.2. The van der Waals surface area contributed by atoms with Gasteiger partial charge in [0.1, 0.15) is 11.4 Å². The Morgan fingerprint density at radius 1 is 1.14 bits per heavy atom. The van der Waals surface area contributed by atoms with Crippen LogP contribution in [0.15, 0.2) is 24.3 Å². The first-order chi connectivity index (χ1) is 17.3. The second kappa shape index (κ2) is 10.3. The van der Waals surface area contributed by atoms with E-state index in [0.717, 1.165) is 69.2 Å². The van der Waals surface area contributed by atoms with E-state index in [2.05, 4.69) is 29.7 Å². The van der Waals surface area contributed by atoms with Crippen LogP contribution in [0.2, 0.25) is 0 Å². The molecule has 3 fully saturated rings. The summed E-state index contributed by atoms with van der Waals surface area (Å²) in [5.74, 6) is 1.10. The van der Waals surface area contributed by atoms with E-state index in [4.69, 9.17) is 9.47 Å². The number of nitrogens with zero attached hydrogens (tertiary/aromatic N) is 2. The lowest BCUT2D eigenvalue weighted by molar-refractivity contribution is -0.185. The van der Waals surface area contributed by atoms with Crippen LogP contribution in [0.5, 0.6) is 5.75 Å². The Balaban J connectivity index is 1.28. The van der Waals surface area contributed by atoms with Crippen molar-refractivity contribution in [1.29, 1.82) is 0 Å². The Bertz CT molecular complexity index is 961. The van der Waals surface area contributed by atoms with E-state index in [-0.39, 0.29) is 29.8 Å². The minimum Gasteiger partial charge on any atom is -0.487 e. The number of hydrogen-bond donors (Lipinski definition) is 1. The third kappa shape index (κ3) is 5.28. The molecule has 4 heterocycles. The van der Waals surface area contributed by atoms with Crippen LogP contribution >= 0.6 is 0 Å². The summed E-state index contributed by atoms with van der Waals surface area (Å²) in [6.45, 7) is 9.60. The van der Waals surface area contributed by atoms with Gasteiger partial charge in [-0.05, 0) is 70.5 Å². The van der Waals surface area contributed by atoms with Gasteiger partial charge in [0.25, 0.3) is 0 Å².